The number of nitrogens with one attached hydrogen (secondary N) is 1. The average molecular weight is 256 g/mol. The molecule has 0 fully saturated rings. The molecule has 0 aliphatic heterocycles. The molecule has 0 aromatic carbocycles. The first-order valence-electron chi connectivity index (χ1n) is 5.37. The van der Waals surface area contributed by atoms with Gasteiger partial charge in [-0.3, -0.25) is 4.79 Å². The molecule has 0 radical (unpaired) electrons. The van der Waals surface area contributed by atoms with Gasteiger partial charge in [-0.25, -0.2) is 4.79 Å². The largest absolute Gasteiger partial charge is 0.462 e. The summed E-state index contributed by atoms with van der Waals surface area (Å²) in [6.45, 7) is 6.06. The van der Waals surface area contributed by atoms with E-state index in [1.807, 2.05) is 6.92 Å². The highest BCUT2D eigenvalue weighted by atomic mass is 32.1. The van der Waals surface area contributed by atoms with Crippen molar-refractivity contribution in [3.63, 3.8) is 0 Å². The minimum atomic E-state index is -0.433. The molecular formula is C11H16N2O3S. The third-order valence-corrected chi connectivity index (χ3v) is 3.30. The van der Waals surface area contributed by atoms with Gasteiger partial charge in [0.2, 0.25) is 0 Å². The van der Waals surface area contributed by atoms with E-state index in [0.717, 1.165) is 11.3 Å². The number of amides is 1. The number of ether oxygens (including phenoxy) is 1. The number of thiophene rings is 1. The second-order valence-electron chi connectivity index (χ2n) is 3.38. The number of anilines is 1. The Morgan fingerprint density at radius 1 is 1.41 bits per heavy atom. The van der Waals surface area contributed by atoms with Gasteiger partial charge in [-0.15, -0.1) is 11.3 Å². The van der Waals surface area contributed by atoms with Gasteiger partial charge >= 0.3 is 5.97 Å². The zero-order chi connectivity index (χ0) is 13.0. The lowest BCUT2D eigenvalue weighted by atomic mass is 10.1. The van der Waals surface area contributed by atoms with Crippen LogP contribution < -0.4 is 11.1 Å². The first-order valence-corrected chi connectivity index (χ1v) is 6.18. The molecule has 0 bridgehead atoms. The van der Waals surface area contributed by atoms with E-state index in [-0.39, 0.29) is 5.91 Å². The van der Waals surface area contributed by atoms with Crippen molar-refractivity contribution >= 4 is 28.2 Å². The second-order valence-corrected chi connectivity index (χ2v) is 4.43. The van der Waals surface area contributed by atoms with E-state index in [1.165, 1.54) is 0 Å². The van der Waals surface area contributed by atoms with Gasteiger partial charge in [0.1, 0.15) is 4.88 Å². The molecule has 17 heavy (non-hydrogen) atoms. The Morgan fingerprint density at radius 2 is 2.06 bits per heavy atom. The summed E-state index contributed by atoms with van der Waals surface area (Å²) in [5, 5.41) is 3.01. The Kier molecular flexibility index (Phi) is 4.51. The van der Waals surface area contributed by atoms with Crippen LogP contribution >= 0.6 is 11.3 Å². The summed E-state index contributed by atoms with van der Waals surface area (Å²) in [5.74, 6) is -0.688. The molecule has 1 aromatic heterocycles. The predicted octanol–water partition coefficient (Wildman–Crippen LogP) is 1.57. The fourth-order valence-corrected chi connectivity index (χ4v) is 2.42. The predicted molar refractivity (Wildman–Crippen MR) is 67.4 cm³/mol. The van der Waals surface area contributed by atoms with Crippen molar-refractivity contribution < 1.29 is 14.3 Å². The molecule has 3 N–H and O–H groups in total. The minimum absolute atomic E-state index is 0.255. The maximum atomic E-state index is 11.7. The number of nitrogen functional groups attached to an aromatic ring is 1. The molecule has 0 saturated carbocycles. The maximum absolute atomic E-state index is 11.7. The van der Waals surface area contributed by atoms with Gasteiger partial charge in [0.05, 0.1) is 17.2 Å². The lowest BCUT2D eigenvalue weighted by Crippen LogP contribution is -2.23. The topological polar surface area (TPSA) is 81.4 Å². The molecule has 0 atom stereocenters. The molecule has 0 spiro atoms. The highest BCUT2D eigenvalue weighted by Gasteiger charge is 2.23. The Hall–Kier alpha value is -1.56. The van der Waals surface area contributed by atoms with Crippen LogP contribution in [-0.4, -0.2) is 25.0 Å². The first-order chi connectivity index (χ1) is 8.02. The number of hydrogen-bond acceptors (Lipinski definition) is 5. The van der Waals surface area contributed by atoms with Crippen LogP contribution in [0.15, 0.2) is 0 Å². The molecule has 1 rings (SSSR count). The van der Waals surface area contributed by atoms with Gasteiger partial charge in [-0.05, 0) is 26.3 Å². The lowest BCUT2D eigenvalue weighted by Gasteiger charge is -2.03. The van der Waals surface area contributed by atoms with Crippen LogP contribution in [-0.2, 0) is 4.74 Å². The summed E-state index contributed by atoms with van der Waals surface area (Å²) >= 11 is 1.09. The molecule has 0 aliphatic rings. The number of hydrogen-bond donors (Lipinski definition) is 2. The van der Waals surface area contributed by atoms with Gasteiger partial charge in [0.15, 0.2) is 0 Å². The number of nitrogens with two attached hydrogens (primary N) is 1. The normalized spacial score (nSPS) is 10.1. The Bertz CT molecular complexity index is 440. The Morgan fingerprint density at radius 3 is 2.59 bits per heavy atom. The van der Waals surface area contributed by atoms with E-state index in [1.54, 1.807) is 13.8 Å². The Labute approximate surface area is 104 Å². The third-order valence-electron chi connectivity index (χ3n) is 2.20. The molecular weight excluding hydrogens is 240 g/mol. The van der Waals surface area contributed by atoms with Crippen LogP contribution in [0.2, 0.25) is 0 Å². The molecule has 6 heteroatoms. The summed E-state index contributed by atoms with van der Waals surface area (Å²) in [6, 6.07) is 0. The fourth-order valence-electron chi connectivity index (χ4n) is 1.46. The number of rotatable bonds is 4. The number of carbonyl (C=O) groups is 2. The summed E-state index contributed by atoms with van der Waals surface area (Å²) in [6.07, 6.45) is 0. The second kappa shape index (κ2) is 5.67. The van der Waals surface area contributed by atoms with Crippen molar-refractivity contribution in [1.29, 1.82) is 0 Å². The zero-order valence-electron chi connectivity index (χ0n) is 10.1. The summed E-state index contributed by atoms with van der Waals surface area (Å²) in [4.78, 5) is 23.8. The molecule has 94 valence electrons. The maximum Gasteiger partial charge on any atom is 0.348 e. The fraction of sp³-hybridized carbons (Fsp3) is 0.455. The molecule has 0 unspecified atom stereocenters. The summed E-state index contributed by atoms with van der Waals surface area (Å²) in [7, 11) is 0. The molecule has 0 saturated heterocycles. The molecule has 5 nitrogen and oxygen atoms in total. The van der Waals surface area contributed by atoms with E-state index in [9.17, 15) is 9.59 Å². The van der Waals surface area contributed by atoms with Crippen LogP contribution in [0.25, 0.3) is 0 Å². The van der Waals surface area contributed by atoms with Gasteiger partial charge in [-0.2, -0.15) is 0 Å². The molecule has 1 amide bonds. The van der Waals surface area contributed by atoms with Crippen LogP contribution in [0.4, 0.5) is 5.00 Å². The Balaban J connectivity index is 3.09. The zero-order valence-corrected chi connectivity index (χ0v) is 10.9. The number of carbonyl (C=O) groups excluding carboxylic acids is 2. The summed E-state index contributed by atoms with van der Waals surface area (Å²) < 4.78 is 4.90. The third kappa shape index (κ3) is 2.76. The average Bonchev–Trinajstić information content (AvgIpc) is 2.55. The smallest absolute Gasteiger partial charge is 0.348 e. The number of esters is 1. The first kappa shape index (κ1) is 13.5. The van der Waals surface area contributed by atoms with Crippen LogP contribution in [0, 0.1) is 6.92 Å². The van der Waals surface area contributed by atoms with Crippen molar-refractivity contribution in [2.24, 2.45) is 0 Å². The molecule has 1 heterocycles. The van der Waals surface area contributed by atoms with Crippen LogP contribution in [0.5, 0.6) is 0 Å². The quantitative estimate of drug-likeness (QED) is 0.801. The van der Waals surface area contributed by atoms with Gasteiger partial charge < -0.3 is 15.8 Å². The van der Waals surface area contributed by atoms with E-state index < -0.39 is 5.97 Å². The van der Waals surface area contributed by atoms with Crippen molar-refractivity contribution in [3.8, 4) is 0 Å². The van der Waals surface area contributed by atoms with Crippen molar-refractivity contribution in [2.75, 3.05) is 18.9 Å². The standard InChI is InChI=1S/C11H16N2O3S/c1-4-13-10(14)7-6(3)8(17-9(7)12)11(15)16-5-2/h4-5,12H2,1-3H3,(H,13,14). The van der Waals surface area contributed by atoms with Crippen molar-refractivity contribution in [1.82, 2.24) is 5.32 Å². The molecule has 1 aromatic rings. The SMILES string of the molecule is CCNC(=O)c1c(N)sc(C(=O)OCC)c1C. The van der Waals surface area contributed by atoms with E-state index in [2.05, 4.69) is 5.32 Å². The monoisotopic (exact) mass is 256 g/mol. The van der Waals surface area contributed by atoms with Crippen LogP contribution in [0.3, 0.4) is 0 Å². The van der Waals surface area contributed by atoms with E-state index in [0.29, 0.717) is 34.2 Å². The minimum Gasteiger partial charge on any atom is -0.462 e. The highest BCUT2D eigenvalue weighted by molar-refractivity contribution is 7.18. The summed E-state index contributed by atoms with van der Waals surface area (Å²) in [5.41, 5.74) is 6.71. The van der Waals surface area contributed by atoms with Gasteiger partial charge in [0.25, 0.3) is 5.91 Å². The van der Waals surface area contributed by atoms with Crippen molar-refractivity contribution in [3.05, 3.63) is 16.0 Å². The van der Waals surface area contributed by atoms with Crippen molar-refractivity contribution in [2.45, 2.75) is 20.8 Å². The lowest BCUT2D eigenvalue weighted by molar-refractivity contribution is 0.0531. The van der Waals surface area contributed by atoms with Crippen LogP contribution in [0.1, 0.15) is 39.4 Å². The highest BCUT2D eigenvalue weighted by Crippen LogP contribution is 2.30. The van der Waals surface area contributed by atoms with Gasteiger partial charge in [0, 0.05) is 6.54 Å². The van der Waals surface area contributed by atoms with E-state index in [4.69, 9.17) is 10.5 Å². The van der Waals surface area contributed by atoms with E-state index >= 15 is 0 Å². The molecule has 0 aliphatic carbocycles. The van der Waals surface area contributed by atoms with Gasteiger partial charge in [-0.1, -0.05) is 0 Å².